The van der Waals surface area contributed by atoms with Gasteiger partial charge in [-0.25, -0.2) is 4.98 Å². The summed E-state index contributed by atoms with van der Waals surface area (Å²) in [6, 6.07) is 8.31. The Balaban J connectivity index is 2.54. The fourth-order valence-corrected chi connectivity index (χ4v) is 2.13. The molecule has 3 heteroatoms. The van der Waals surface area contributed by atoms with Crippen molar-refractivity contribution in [3.05, 3.63) is 35.6 Å². The molecule has 2 aromatic rings. The smallest absolute Gasteiger partial charge is 0.136 e. The van der Waals surface area contributed by atoms with E-state index in [-0.39, 0.29) is 0 Å². The number of benzene rings is 1. The highest BCUT2D eigenvalue weighted by molar-refractivity contribution is 6.34. The first-order valence-electron chi connectivity index (χ1n) is 5.55. The monoisotopic (exact) mass is 234 g/mol. The normalized spacial score (nSPS) is 10.7. The highest BCUT2D eigenvalue weighted by Crippen LogP contribution is 2.26. The Labute approximate surface area is 101 Å². The molecule has 1 aromatic carbocycles. The van der Waals surface area contributed by atoms with Crippen LogP contribution in [0.25, 0.3) is 10.8 Å². The maximum atomic E-state index is 6.09. The average Bonchev–Trinajstić information content (AvgIpc) is 2.32. The van der Waals surface area contributed by atoms with Gasteiger partial charge < -0.3 is 4.90 Å². The van der Waals surface area contributed by atoms with Gasteiger partial charge in [0.15, 0.2) is 0 Å². The van der Waals surface area contributed by atoms with E-state index in [2.05, 4.69) is 41.9 Å². The van der Waals surface area contributed by atoms with E-state index in [0.717, 1.165) is 23.9 Å². The van der Waals surface area contributed by atoms with E-state index in [0.29, 0.717) is 5.15 Å². The van der Waals surface area contributed by atoms with Crippen molar-refractivity contribution in [3.63, 3.8) is 0 Å². The van der Waals surface area contributed by atoms with Crippen LogP contribution in [-0.2, 0) is 0 Å². The van der Waals surface area contributed by atoms with Crippen molar-refractivity contribution in [2.45, 2.75) is 13.8 Å². The summed E-state index contributed by atoms with van der Waals surface area (Å²) in [7, 11) is 0. The number of pyridine rings is 1. The third kappa shape index (κ3) is 1.98. The van der Waals surface area contributed by atoms with Crippen molar-refractivity contribution in [2.75, 3.05) is 18.0 Å². The van der Waals surface area contributed by atoms with E-state index < -0.39 is 0 Å². The first-order valence-corrected chi connectivity index (χ1v) is 5.93. The van der Waals surface area contributed by atoms with Crippen molar-refractivity contribution in [1.82, 2.24) is 4.98 Å². The van der Waals surface area contributed by atoms with Gasteiger partial charge in [-0.05, 0) is 37.4 Å². The molecule has 0 saturated carbocycles. The van der Waals surface area contributed by atoms with Gasteiger partial charge in [-0.2, -0.15) is 0 Å². The van der Waals surface area contributed by atoms with Crippen LogP contribution in [0, 0.1) is 0 Å². The minimum atomic E-state index is 0.575. The maximum absolute atomic E-state index is 6.09. The summed E-state index contributed by atoms with van der Waals surface area (Å²) in [6.45, 7) is 6.30. The average molecular weight is 235 g/mol. The van der Waals surface area contributed by atoms with Crippen LogP contribution in [0.4, 0.5) is 5.69 Å². The standard InChI is InChI=1S/C13H15ClN2/c1-3-16(4-2)11-6-5-10-7-8-15-13(14)12(10)9-11/h5-9H,3-4H2,1-2H3. The Morgan fingerprint density at radius 2 is 1.94 bits per heavy atom. The van der Waals surface area contributed by atoms with Gasteiger partial charge in [0.05, 0.1) is 0 Å². The zero-order valence-corrected chi connectivity index (χ0v) is 10.3. The molecule has 0 spiro atoms. The molecule has 1 heterocycles. The first kappa shape index (κ1) is 11.2. The van der Waals surface area contributed by atoms with Crippen molar-refractivity contribution < 1.29 is 0 Å². The summed E-state index contributed by atoms with van der Waals surface area (Å²) in [5, 5.41) is 2.73. The van der Waals surface area contributed by atoms with E-state index in [1.807, 2.05) is 6.07 Å². The highest BCUT2D eigenvalue weighted by atomic mass is 35.5. The molecule has 0 saturated heterocycles. The number of rotatable bonds is 3. The molecule has 0 radical (unpaired) electrons. The molecule has 0 amide bonds. The lowest BCUT2D eigenvalue weighted by molar-refractivity contribution is 0.867. The summed E-state index contributed by atoms with van der Waals surface area (Å²) in [5.74, 6) is 0. The Hall–Kier alpha value is -1.28. The van der Waals surface area contributed by atoms with Crippen molar-refractivity contribution >= 4 is 28.1 Å². The minimum Gasteiger partial charge on any atom is -0.372 e. The topological polar surface area (TPSA) is 16.1 Å². The van der Waals surface area contributed by atoms with Gasteiger partial charge in [0, 0.05) is 30.4 Å². The first-order chi connectivity index (χ1) is 7.76. The lowest BCUT2D eigenvalue weighted by atomic mass is 10.1. The predicted octanol–water partition coefficient (Wildman–Crippen LogP) is 3.73. The van der Waals surface area contributed by atoms with Crippen LogP contribution in [0.2, 0.25) is 5.15 Å². The Morgan fingerprint density at radius 1 is 1.19 bits per heavy atom. The molecule has 0 aliphatic carbocycles. The number of hydrogen-bond donors (Lipinski definition) is 0. The third-order valence-corrected chi connectivity index (χ3v) is 3.13. The largest absolute Gasteiger partial charge is 0.372 e. The Bertz CT molecular complexity index is 492. The van der Waals surface area contributed by atoms with Crippen molar-refractivity contribution in [1.29, 1.82) is 0 Å². The number of fused-ring (bicyclic) bond motifs is 1. The number of nitrogens with zero attached hydrogens (tertiary/aromatic N) is 2. The van der Waals surface area contributed by atoms with E-state index in [1.54, 1.807) is 6.20 Å². The number of anilines is 1. The molecule has 0 aliphatic rings. The van der Waals surface area contributed by atoms with Gasteiger partial charge in [-0.3, -0.25) is 0 Å². The van der Waals surface area contributed by atoms with Gasteiger partial charge >= 0.3 is 0 Å². The molecule has 84 valence electrons. The molecule has 0 fully saturated rings. The van der Waals surface area contributed by atoms with E-state index in [4.69, 9.17) is 11.6 Å². The van der Waals surface area contributed by atoms with Crippen LogP contribution >= 0.6 is 11.6 Å². The molecule has 0 atom stereocenters. The zero-order chi connectivity index (χ0) is 11.5. The summed E-state index contributed by atoms with van der Waals surface area (Å²) >= 11 is 6.09. The molecule has 2 nitrogen and oxygen atoms in total. The fourth-order valence-electron chi connectivity index (χ4n) is 1.91. The van der Waals surface area contributed by atoms with Gasteiger partial charge in [-0.15, -0.1) is 0 Å². The Kier molecular flexibility index (Phi) is 3.30. The third-order valence-electron chi connectivity index (χ3n) is 2.83. The fraction of sp³-hybridized carbons (Fsp3) is 0.308. The molecule has 2 rings (SSSR count). The van der Waals surface area contributed by atoms with Crippen LogP contribution in [0.3, 0.4) is 0 Å². The zero-order valence-electron chi connectivity index (χ0n) is 9.57. The molecule has 1 aromatic heterocycles. The molecule has 16 heavy (non-hydrogen) atoms. The molecule has 0 unspecified atom stereocenters. The number of hydrogen-bond acceptors (Lipinski definition) is 2. The second kappa shape index (κ2) is 4.71. The second-order valence-electron chi connectivity index (χ2n) is 3.68. The molecule has 0 bridgehead atoms. The lowest BCUT2D eigenvalue weighted by Crippen LogP contribution is -2.21. The van der Waals surface area contributed by atoms with E-state index in [9.17, 15) is 0 Å². The van der Waals surface area contributed by atoms with Crippen LogP contribution in [-0.4, -0.2) is 18.1 Å². The van der Waals surface area contributed by atoms with Crippen molar-refractivity contribution in [2.24, 2.45) is 0 Å². The van der Waals surface area contributed by atoms with Crippen LogP contribution in [0.15, 0.2) is 30.5 Å². The lowest BCUT2D eigenvalue weighted by Gasteiger charge is -2.21. The summed E-state index contributed by atoms with van der Waals surface area (Å²) < 4.78 is 0. The van der Waals surface area contributed by atoms with Gasteiger partial charge in [0.2, 0.25) is 0 Å². The molecular weight excluding hydrogens is 220 g/mol. The van der Waals surface area contributed by atoms with Gasteiger partial charge in [0.1, 0.15) is 5.15 Å². The maximum Gasteiger partial charge on any atom is 0.136 e. The Morgan fingerprint density at radius 3 is 2.62 bits per heavy atom. The highest BCUT2D eigenvalue weighted by Gasteiger charge is 2.05. The second-order valence-corrected chi connectivity index (χ2v) is 4.04. The predicted molar refractivity (Wildman–Crippen MR) is 70.3 cm³/mol. The SMILES string of the molecule is CCN(CC)c1ccc2ccnc(Cl)c2c1. The van der Waals surface area contributed by atoms with Crippen LogP contribution in [0.1, 0.15) is 13.8 Å². The van der Waals surface area contributed by atoms with Gasteiger partial charge in [0.25, 0.3) is 0 Å². The van der Waals surface area contributed by atoms with E-state index >= 15 is 0 Å². The minimum absolute atomic E-state index is 0.575. The molecule has 0 aliphatic heterocycles. The van der Waals surface area contributed by atoms with Crippen LogP contribution in [0.5, 0.6) is 0 Å². The van der Waals surface area contributed by atoms with Crippen LogP contribution < -0.4 is 4.90 Å². The van der Waals surface area contributed by atoms with E-state index in [1.165, 1.54) is 5.69 Å². The molecular formula is C13H15ClN2. The number of aromatic nitrogens is 1. The molecule has 0 N–H and O–H groups in total. The quantitative estimate of drug-likeness (QED) is 0.753. The summed E-state index contributed by atoms with van der Waals surface area (Å²) in [4.78, 5) is 6.40. The van der Waals surface area contributed by atoms with Crippen molar-refractivity contribution in [3.8, 4) is 0 Å². The summed E-state index contributed by atoms with van der Waals surface area (Å²) in [5.41, 5.74) is 1.20. The van der Waals surface area contributed by atoms with Gasteiger partial charge in [-0.1, -0.05) is 17.7 Å². The summed E-state index contributed by atoms with van der Waals surface area (Å²) in [6.07, 6.45) is 1.74. The number of halogens is 1.